The summed E-state index contributed by atoms with van der Waals surface area (Å²) in [5.41, 5.74) is 0. The Balaban J connectivity index is 3.77. The molecule has 50 heavy (non-hydrogen) atoms. The number of hydrogen-bond donors (Lipinski definition) is 1. The largest absolute Gasteiger partial charge is 0.495 e. The van der Waals surface area contributed by atoms with Crippen molar-refractivity contribution in [1.82, 2.24) is 5.32 Å². The minimum absolute atomic E-state index is 0.0283. The van der Waals surface area contributed by atoms with Crippen LogP contribution < -0.4 is 5.32 Å². The molecular formula is C46H91NO3. The third-order valence-electron chi connectivity index (χ3n) is 10.4. The number of hydrogen-bond acceptors (Lipinski definition) is 4. The highest BCUT2D eigenvalue weighted by molar-refractivity contribution is 5.69. The van der Waals surface area contributed by atoms with E-state index in [0.717, 1.165) is 57.4 Å². The van der Waals surface area contributed by atoms with Gasteiger partial charge >= 0.3 is 5.97 Å². The molecule has 0 aromatic heterocycles. The fraction of sp³-hybridized carbons (Fsp3) is 0.935. The molecule has 4 heteroatoms. The van der Waals surface area contributed by atoms with Crippen LogP contribution in [0.1, 0.15) is 252 Å². The number of carbonyl (C=O) groups excluding carboxylic acids is 1. The van der Waals surface area contributed by atoms with E-state index < -0.39 is 0 Å². The number of carbonyl (C=O) groups is 1. The molecule has 0 spiro atoms. The van der Waals surface area contributed by atoms with Gasteiger partial charge in [0.25, 0.3) is 0 Å². The summed E-state index contributed by atoms with van der Waals surface area (Å²) in [6, 6.07) is 0. The van der Waals surface area contributed by atoms with E-state index in [-0.39, 0.29) is 12.1 Å². The number of ether oxygens (including phenoxy) is 2. The predicted octanol–water partition coefficient (Wildman–Crippen LogP) is 15.1. The van der Waals surface area contributed by atoms with Crippen LogP contribution in [-0.4, -0.2) is 31.3 Å². The molecule has 0 aliphatic carbocycles. The first-order valence-electron chi connectivity index (χ1n) is 22.8. The fourth-order valence-corrected chi connectivity index (χ4v) is 7.12. The van der Waals surface area contributed by atoms with Gasteiger partial charge in [-0.15, -0.1) is 0 Å². The molecule has 1 N–H and O–H groups in total. The summed E-state index contributed by atoms with van der Waals surface area (Å²) in [5, 5.41) is 3.64. The number of unbranched alkanes of at least 4 members (excludes halogenated alkanes) is 23. The standard InChI is InChI=1S/C46H91NO3/c1-6-10-13-16-22-29-37-44(35-9-4)50-46(48)40-32-25-20-27-34-42-47-41-33-26-19-21-28-36-43(5)49-45(38-30-23-17-14-11-7-2)39-31-24-18-15-12-8-3/h44-45,47H,5-42H2,1-4H3. The maximum Gasteiger partial charge on any atom is 0.306 e. The Morgan fingerprint density at radius 2 is 0.780 bits per heavy atom. The van der Waals surface area contributed by atoms with Crippen LogP contribution >= 0.6 is 0 Å². The maximum atomic E-state index is 12.4. The van der Waals surface area contributed by atoms with Crippen molar-refractivity contribution in [2.75, 3.05) is 13.1 Å². The Morgan fingerprint density at radius 3 is 1.22 bits per heavy atom. The van der Waals surface area contributed by atoms with Crippen molar-refractivity contribution < 1.29 is 14.3 Å². The predicted molar refractivity (Wildman–Crippen MR) is 221 cm³/mol. The van der Waals surface area contributed by atoms with Gasteiger partial charge in [0.05, 0.1) is 11.9 Å². The zero-order valence-corrected chi connectivity index (χ0v) is 34.7. The van der Waals surface area contributed by atoms with Gasteiger partial charge in [0, 0.05) is 12.8 Å². The van der Waals surface area contributed by atoms with Crippen molar-refractivity contribution in [3.63, 3.8) is 0 Å². The molecule has 0 saturated heterocycles. The number of nitrogens with one attached hydrogen (secondary N) is 1. The average Bonchev–Trinajstić information content (AvgIpc) is 3.10. The van der Waals surface area contributed by atoms with Crippen LogP contribution in [0.3, 0.4) is 0 Å². The Morgan fingerprint density at radius 1 is 0.420 bits per heavy atom. The monoisotopic (exact) mass is 706 g/mol. The van der Waals surface area contributed by atoms with Crippen LogP contribution in [0.4, 0.5) is 0 Å². The lowest BCUT2D eigenvalue weighted by atomic mass is 10.0. The van der Waals surface area contributed by atoms with Gasteiger partial charge in [-0.1, -0.05) is 176 Å². The summed E-state index contributed by atoms with van der Waals surface area (Å²) in [5.74, 6) is 1.06. The topological polar surface area (TPSA) is 47.6 Å². The first-order valence-corrected chi connectivity index (χ1v) is 22.8. The van der Waals surface area contributed by atoms with E-state index in [4.69, 9.17) is 9.47 Å². The molecule has 298 valence electrons. The molecule has 0 fully saturated rings. The second kappa shape index (κ2) is 40.7. The van der Waals surface area contributed by atoms with Crippen LogP contribution in [0.15, 0.2) is 12.3 Å². The molecule has 1 atom stereocenters. The SMILES string of the molecule is C=C(CCCCCCCNCCCCCCCC(=O)OC(CCC)CCCCCCCC)OC(CCCCCCCC)CCCCCCCC. The van der Waals surface area contributed by atoms with E-state index in [1.165, 1.54) is 180 Å². The van der Waals surface area contributed by atoms with Crippen molar-refractivity contribution >= 4 is 5.97 Å². The van der Waals surface area contributed by atoms with Gasteiger partial charge in [-0.3, -0.25) is 4.79 Å². The first-order chi connectivity index (χ1) is 24.6. The van der Waals surface area contributed by atoms with E-state index >= 15 is 0 Å². The lowest BCUT2D eigenvalue weighted by Gasteiger charge is -2.21. The van der Waals surface area contributed by atoms with Crippen molar-refractivity contribution in [2.24, 2.45) is 0 Å². The number of esters is 1. The van der Waals surface area contributed by atoms with E-state index in [1.54, 1.807) is 0 Å². The highest BCUT2D eigenvalue weighted by Crippen LogP contribution is 2.21. The van der Waals surface area contributed by atoms with Gasteiger partial charge in [-0.25, -0.2) is 0 Å². The molecule has 1 unspecified atom stereocenters. The molecule has 0 bridgehead atoms. The third-order valence-corrected chi connectivity index (χ3v) is 10.4. The molecule has 0 aromatic carbocycles. The van der Waals surface area contributed by atoms with Gasteiger partial charge < -0.3 is 14.8 Å². The maximum absolute atomic E-state index is 12.4. The van der Waals surface area contributed by atoms with E-state index in [9.17, 15) is 4.79 Å². The summed E-state index contributed by atoms with van der Waals surface area (Å²) in [4.78, 5) is 12.4. The molecule has 0 heterocycles. The quantitative estimate of drug-likeness (QED) is 0.0390. The smallest absolute Gasteiger partial charge is 0.306 e. The van der Waals surface area contributed by atoms with E-state index in [1.807, 2.05) is 0 Å². The van der Waals surface area contributed by atoms with Crippen molar-refractivity contribution in [3.05, 3.63) is 12.3 Å². The lowest BCUT2D eigenvalue weighted by Crippen LogP contribution is -2.18. The Hall–Kier alpha value is -1.03. The molecule has 0 aliphatic heterocycles. The van der Waals surface area contributed by atoms with Crippen LogP contribution in [0.5, 0.6) is 0 Å². The number of rotatable bonds is 42. The first kappa shape index (κ1) is 49.0. The molecule has 0 aliphatic rings. The normalized spacial score (nSPS) is 12.1. The second-order valence-electron chi connectivity index (χ2n) is 15.6. The summed E-state index contributed by atoms with van der Waals surface area (Å²) >= 11 is 0. The molecule has 0 saturated carbocycles. The van der Waals surface area contributed by atoms with Crippen molar-refractivity contribution in [2.45, 2.75) is 265 Å². The zero-order chi connectivity index (χ0) is 36.6. The third kappa shape index (κ3) is 36.8. The zero-order valence-electron chi connectivity index (χ0n) is 34.7. The molecule has 0 aromatic rings. The highest BCUT2D eigenvalue weighted by Gasteiger charge is 2.14. The van der Waals surface area contributed by atoms with Gasteiger partial charge in [0.15, 0.2) is 0 Å². The van der Waals surface area contributed by atoms with Gasteiger partial charge in [0.1, 0.15) is 6.10 Å². The van der Waals surface area contributed by atoms with E-state index in [2.05, 4.69) is 39.6 Å². The Labute approximate surface area is 314 Å². The molecule has 0 radical (unpaired) electrons. The van der Waals surface area contributed by atoms with Gasteiger partial charge in [-0.2, -0.15) is 0 Å². The van der Waals surface area contributed by atoms with E-state index in [0.29, 0.717) is 12.5 Å². The molecule has 0 rings (SSSR count). The second-order valence-corrected chi connectivity index (χ2v) is 15.6. The van der Waals surface area contributed by atoms with Crippen LogP contribution in [0.2, 0.25) is 0 Å². The van der Waals surface area contributed by atoms with Crippen LogP contribution in [-0.2, 0) is 14.3 Å². The van der Waals surface area contributed by atoms with Crippen molar-refractivity contribution in [3.8, 4) is 0 Å². The summed E-state index contributed by atoms with van der Waals surface area (Å²) in [6.07, 6.45) is 44.0. The molecule has 4 nitrogen and oxygen atoms in total. The van der Waals surface area contributed by atoms with Gasteiger partial charge in [0.2, 0.25) is 0 Å². The number of allylic oxidation sites excluding steroid dienone is 1. The van der Waals surface area contributed by atoms with Crippen LogP contribution in [0.25, 0.3) is 0 Å². The summed E-state index contributed by atoms with van der Waals surface area (Å²) in [7, 11) is 0. The Bertz CT molecular complexity index is 679. The Kier molecular flexibility index (Phi) is 39.9. The minimum atomic E-state index is 0.0283. The summed E-state index contributed by atoms with van der Waals surface area (Å²) < 4.78 is 12.3. The average molecular weight is 706 g/mol. The van der Waals surface area contributed by atoms with Gasteiger partial charge in [-0.05, 0) is 83.7 Å². The summed E-state index contributed by atoms with van der Waals surface area (Å²) in [6.45, 7) is 15.6. The highest BCUT2D eigenvalue weighted by atomic mass is 16.5. The lowest BCUT2D eigenvalue weighted by molar-refractivity contribution is -0.150. The van der Waals surface area contributed by atoms with Crippen molar-refractivity contribution in [1.29, 1.82) is 0 Å². The van der Waals surface area contributed by atoms with Crippen LogP contribution in [0, 0.1) is 0 Å². The fourth-order valence-electron chi connectivity index (χ4n) is 7.12. The molecular weight excluding hydrogens is 615 g/mol. The minimum Gasteiger partial charge on any atom is -0.495 e. The molecule has 0 amide bonds.